The van der Waals surface area contributed by atoms with Crippen molar-refractivity contribution in [3.05, 3.63) is 78.0 Å². The number of fused-ring (bicyclic) bond motifs is 1. The molecule has 0 spiro atoms. The third-order valence-electron chi connectivity index (χ3n) is 3.47. The maximum Gasteiger partial charge on any atom is 0.213 e. The zero-order valence-electron chi connectivity index (χ0n) is 11.2. The number of rotatable bonds is 3. The highest BCUT2D eigenvalue weighted by Gasteiger charge is 2.15. The van der Waals surface area contributed by atoms with Gasteiger partial charge in [-0.2, -0.15) is 9.83 Å². The van der Waals surface area contributed by atoms with Crippen molar-refractivity contribution >= 4 is 10.9 Å². The zero-order chi connectivity index (χ0) is 13.8. The lowest BCUT2D eigenvalue weighted by Crippen LogP contribution is -2.39. The normalized spacial score (nSPS) is 10.3. The van der Waals surface area contributed by atoms with Gasteiger partial charge in [-0.05, 0) is 12.1 Å². The van der Waals surface area contributed by atoms with Gasteiger partial charge in [-0.15, -0.1) is 0 Å². The van der Waals surface area contributed by atoms with Crippen LogP contribution in [0.2, 0.25) is 0 Å². The molecule has 96 valence electrons. The fourth-order valence-electron chi connectivity index (χ4n) is 2.49. The van der Waals surface area contributed by atoms with Gasteiger partial charge in [0.2, 0.25) is 5.52 Å². The second kappa shape index (κ2) is 5.54. The fourth-order valence-corrected chi connectivity index (χ4v) is 2.49. The number of hydrogen-bond acceptors (Lipinski definition) is 1. The van der Waals surface area contributed by atoms with Crippen LogP contribution >= 0.6 is 0 Å². The molecule has 3 aromatic rings. The lowest BCUT2D eigenvalue weighted by Gasteiger charge is -2.05. The third-order valence-corrected chi connectivity index (χ3v) is 3.47. The van der Waals surface area contributed by atoms with Crippen molar-refractivity contribution in [2.75, 3.05) is 0 Å². The predicted molar refractivity (Wildman–Crippen MR) is 79.0 cm³/mol. The van der Waals surface area contributed by atoms with Crippen LogP contribution in [0.25, 0.3) is 10.9 Å². The molecule has 1 aromatic heterocycles. The number of para-hydroxylation sites is 1. The van der Waals surface area contributed by atoms with E-state index in [1.54, 1.807) is 0 Å². The molecule has 2 heteroatoms. The monoisotopic (exact) mass is 259 g/mol. The smallest absolute Gasteiger partial charge is 0.198 e. The van der Waals surface area contributed by atoms with Gasteiger partial charge in [0.25, 0.3) is 0 Å². The molecule has 0 N–H and O–H groups in total. The second-order valence-electron chi connectivity index (χ2n) is 4.79. The van der Waals surface area contributed by atoms with E-state index in [1.165, 1.54) is 16.5 Å². The summed E-state index contributed by atoms with van der Waals surface area (Å²) in [6, 6.07) is 25.0. The molecule has 0 saturated heterocycles. The van der Waals surface area contributed by atoms with Crippen molar-refractivity contribution in [3.8, 4) is 6.07 Å². The Labute approximate surface area is 118 Å². The van der Waals surface area contributed by atoms with E-state index in [1.807, 2.05) is 30.3 Å². The molecule has 0 aliphatic carbocycles. The van der Waals surface area contributed by atoms with Crippen molar-refractivity contribution in [2.45, 2.75) is 13.0 Å². The van der Waals surface area contributed by atoms with Gasteiger partial charge >= 0.3 is 0 Å². The van der Waals surface area contributed by atoms with Gasteiger partial charge in [-0.25, -0.2) is 0 Å². The maximum absolute atomic E-state index is 9.02. The minimum Gasteiger partial charge on any atom is -0.198 e. The lowest BCUT2D eigenvalue weighted by molar-refractivity contribution is -0.669. The summed E-state index contributed by atoms with van der Waals surface area (Å²) in [4.78, 5) is 0. The van der Waals surface area contributed by atoms with Gasteiger partial charge < -0.3 is 0 Å². The number of benzene rings is 2. The first-order chi connectivity index (χ1) is 9.88. The molecule has 1 heterocycles. The average Bonchev–Trinajstić information content (AvgIpc) is 2.51. The Kier molecular flexibility index (Phi) is 3.43. The largest absolute Gasteiger partial charge is 0.213 e. The molecule has 0 bridgehead atoms. The van der Waals surface area contributed by atoms with Crippen LogP contribution in [-0.2, 0) is 13.0 Å². The fraction of sp³-hybridized carbons (Fsp3) is 0.111. The molecule has 2 aromatic carbocycles. The van der Waals surface area contributed by atoms with Crippen LogP contribution in [-0.4, -0.2) is 0 Å². The molecule has 0 radical (unpaired) electrons. The van der Waals surface area contributed by atoms with E-state index >= 15 is 0 Å². The quantitative estimate of drug-likeness (QED) is 0.663. The average molecular weight is 259 g/mol. The van der Waals surface area contributed by atoms with Gasteiger partial charge in [-0.1, -0.05) is 42.5 Å². The topological polar surface area (TPSA) is 27.7 Å². The van der Waals surface area contributed by atoms with Crippen molar-refractivity contribution in [1.82, 2.24) is 0 Å². The summed E-state index contributed by atoms with van der Waals surface area (Å²) in [7, 11) is 0. The van der Waals surface area contributed by atoms with Crippen LogP contribution in [0.15, 0.2) is 66.7 Å². The van der Waals surface area contributed by atoms with Crippen LogP contribution in [0.4, 0.5) is 0 Å². The Hall–Kier alpha value is -2.66. The number of nitriles is 1. The van der Waals surface area contributed by atoms with Crippen LogP contribution in [0, 0.1) is 11.3 Å². The molecule has 0 aliphatic rings. The Morgan fingerprint density at radius 1 is 0.850 bits per heavy atom. The van der Waals surface area contributed by atoms with E-state index in [-0.39, 0.29) is 0 Å². The van der Waals surface area contributed by atoms with Gasteiger partial charge in [-0.3, -0.25) is 0 Å². The van der Waals surface area contributed by atoms with E-state index in [4.69, 9.17) is 5.26 Å². The first-order valence-electron chi connectivity index (χ1n) is 6.70. The summed E-state index contributed by atoms with van der Waals surface area (Å²) in [6.45, 7) is 0.791. The summed E-state index contributed by atoms with van der Waals surface area (Å²) < 4.78 is 2.23. The Balaban J connectivity index is 2.15. The SMILES string of the molecule is N#CCc1ccc2ccccc2[n+]1Cc1ccccc1. The Morgan fingerprint density at radius 3 is 2.40 bits per heavy atom. The molecule has 2 nitrogen and oxygen atoms in total. The molecule has 0 aliphatic heterocycles. The van der Waals surface area contributed by atoms with Crippen LogP contribution in [0.3, 0.4) is 0 Å². The van der Waals surface area contributed by atoms with Crippen molar-refractivity contribution in [2.24, 2.45) is 0 Å². The van der Waals surface area contributed by atoms with Crippen molar-refractivity contribution in [1.29, 1.82) is 5.26 Å². The number of hydrogen-bond donors (Lipinski definition) is 0. The summed E-state index contributed by atoms with van der Waals surface area (Å²) in [6.07, 6.45) is 0.428. The summed E-state index contributed by atoms with van der Waals surface area (Å²) in [5, 5.41) is 10.2. The maximum atomic E-state index is 9.02. The Morgan fingerprint density at radius 2 is 1.60 bits per heavy atom. The van der Waals surface area contributed by atoms with E-state index in [0.717, 1.165) is 12.2 Å². The molecular weight excluding hydrogens is 244 g/mol. The minimum absolute atomic E-state index is 0.428. The van der Waals surface area contributed by atoms with Gasteiger partial charge in [0.15, 0.2) is 12.2 Å². The molecule has 0 fully saturated rings. The minimum atomic E-state index is 0.428. The van der Waals surface area contributed by atoms with Crippen LogP contribution in [0.5, 0.6) is 0 Å². The highest BCUT2D eigenvalue weighted by Crippen LogP contribution is 2.12. The zero-order valence-corrected chi connectivity index (χ0v) is 11.2. The molecule has 0 saturated carbocycles. The third kappa shape index (κ3) is 2.39. The molecule has 20 heavy (non-hydrogen) atoms. The first-order valence-corrected chi connectivity index (χ1v) is 6.70. The Bertz CT molecular complexity index is 770. The van der Waals surface area contributed by atoms with Crippen molar-refractivity contribution < 1.29 is 4.57 Å². The second-order valence-corrected chi connectivity index (χ2v) is 4.79. The van der Waals surface area contributed by atoms with Crippen LogP contribution in [0.1, 0.15) is 11.3 Å². The van der Waals surface area contributed by atoms with Gasteiger partial charge in [0, 0.05) is 23.1 Å². The van der Waals surface area contributed by atoms with E-state index in [2.05, 4.69) is 47.0 Å². The van der Waals surface area contributed by atoms with Crippen LogP contribution < -0.4 is 4.57 Å². The van der Waals surface area contributed by atoms with E-state index in [9.17, 15) is 0 Å². The van der Waals surface area contributed by atoms with E-state index in [0.29, 0.717) is 6.42 Å². The summed E-state index contributed by atoms with van der Waals surface area (Å²) in [5.74, 6) is 0. The number of pyridine rings is 1. The molecule has 0 atom stereocenters. The number of nitrogens with zero attached hydrogens (tertiary/aromatic N) is 2. The van der Waals surface area contributed by atoms with E-state index < -0.39 is 0 Å². The van der Waals surface area contributed by atoms with Crippen molar-refractivity contribution in [3.63, 3.8) is 0 Å². The highest BCUT2D eigenvalue weighted by molar-refractivity contribution is 5.75. The molecule has 0 unspecified atom stereocenters. The van der Waals surface area contributed by atoms with Gasteiger partial charge in [0.05, 0.1) is 6.07 Å². The predicted octanol–water partition coefficient (Wildman–Crippen LogP) is 3.24. The molecular formula is C18H15N2+. The highest BCUT2D eigenvalue weighted by atomic mass is 15.0. The first kappa shape index (κ1) is 12.4. The molecule has 3 rings (SSSR count). The lowest BCUT2D eigenvalue weighted by atomic mass is 10.1. The van der Waals surface area contributed by atoms with Gasteiger partial charge in [0.1, 0.15) is 6.42 Å². The summed E-state index contributed by atoms with van der Waals surface area (Å²) >= 11 is 0. The number of aromatic nitrogens is 1. The summed E-state index contributed by atoms with van der Waals surface area (Å²) in [5.41, 5.74) is 3.46. The standard InChI is InChI=1S/C18H15N2/c19-13-12-17-11-10-16-8-4-5-9-18(16)20(17)14-15-6-2-1-3-7-15/h1-11H,12,14H2/q+1. The molecule has 0 amide bonds.